The maximum absolute atomic E-state index is 12.2. The van der Waals surface area contributed by atoms with Crippen LogP contribution in [0.15, 0.2) is 0 Å². The smallest absolute Gasteiger partial charge is 0.251 e. The van der Waals surface area contributed by atoms with Crippen molar-refractivity contribution in [3.8, 4) is 0 Å². The Morgan fingerprint density at radius 3 is 2.53 bits per heavy atom. The van der Waals surface area contributed by atoms with Gasteiger partial charge in [-0.3, -0.25) is 4.90 Å². The zero-order valence-electron chi connectivity index (χ0n) is 8.96. The Bertz CT molecular complexity index is 164. The molecule has 0 aliphatic carbocycles. The van der Waals surface area contributed by atoms with Crippen molar-refractivity contribution in [3.05, 3.63) is 0 Å². The summed E-state index contributed by atoms with van der Waals surface area (Å²) in [4.78, 5) is 1.67. The summed E-state index contributed by atoms with van der Waals surface area (Å²) < 4.78 is 24.5. The third kappa shape index (κ3) is 5.39. The number of nitrogens with zero attached hydrogens (tertiary/aromatic N) is 1. The summed E-state index contributed by atoms with van der Waals surface area (Å²) in [6, 6.07) is 0. The third-order valence-corrected chi connectivity index (χ3v) is 2.79. The topological polar surface area (TPSA) is 35.5 Å². The first-order valence-electron chi connectivity index (χ1n) is 5.54. The molecule has 1 rings (SSSR count). The van der Waals surface area contributed by atoms with Gasteiger partial charge in [0, 0.05) is 13.1 Å². The number of hydrogen-bond acceptors (Lipinski definition) is 3. The average molecular weight is 222 g/mol. The summed E-state index contributed by atoms with van der Waals surface area (Å²) in [7, 11) is 0. The molecule has 2 N–H and O–H groups in total. The van der Waals surface area contributed by atoms with Crippen LogP contribution in [0.5, 0.6) is 0 Å². The number of aliphatic hydroxyl groups is 1. The molecule has 0 aromatic heterocycles. The van der Waals surface area contributed by atoms with Crippen molar-refractivity contribution < 1.29 is 13.9 Å². The van der Waals surface area contributed by atoms with Gasteiger partial charge in [0.25, 0.3) is 6.43 Å². The van der Waals surface area contributed by atoms with Crippen LogP contribution in [0.25, 0.3) is 0 Å². The van der Waals surface area contributed by atoms with E-state index in [4.69, 9.17) is 5.11 Å². The van der Waals surface area contributed by atoms with Crippen LogP contribution in [0.4, 0.5) is 8.78 Å². The Morgan fingerprint density at radius 2 is 2.00 bits per heavy atom. The molecule has 5 heteroatoms. The van der Waals surface area contributed by atoms with Crippen molar-refractivity contribution in [1.82, 2.24) is 10.2 Å². The lowest BCUT2D eigenvalue weighted by molar-refractivity contribution is 0.0667. The second-order valence-corrected chi connectivity index (χ2v) is 4.07. The number of hydrogen-bond donors (Lipinski definition) is 2. The summed E-state index contributed by atoms with van der Waals surface area (Å²) in [6.45, 7) is 2.74. The molecule has 0 aromatic rings. The van der Waals surface area contributed by atoms with Crippen LogP contribution >= 0.6 is 0 Å². The first-order valence-corrected chi connectivity index (χ1v) is 5.54. The molecule has 0 aromatic carbocycles. The van der Waals surface area contributed by atoms with Gasteiger partial charge in [-0.05, 0) is 31.8 Å². The number of rotatable bonds is 6. The van der Waals surface area contributed by atoms with Crippen molar-refractivity contribution in [1.29, 1.82) is 0 Å². The monoisotopic (exact) mass is 222 g/mol. The van der Waals surface area contributed by atoms with Crippen LogP contribution in [0.1, 0.15) is 12.8 Å². The largest absolute Gasteiger partial charge is 0.395 e. The fourth-order valence-electron chi connectivity index (χ4n) is 2.02. The van der Waals surface area contributed by atoms with Gasteiger partial charge in [-0.25, -0.2) is 8.78 Å². The van der Waals surface area contributed by atoms with Crippen LogP contribution in [0.3, 0.4) is 0 Å². The van der Waals surface area contributed by atoms with Crippen molar-refractivity contribution >= 4 is 0 Å². The molecule has 15 heavy (non-hydrogen) atoms. The summed E-state index contributed by atoms with van der Waals surface area (Å²) >= 11 is 0. The lowest BCUT2D eigenvalue weighted by atomic mass is 9.97. The average Bonchev–Trinajstić information content (AvgIpc) is 2.18. The molecule has 1 saturated heterocycles. The van der Waals surface area contributed by atoms with Gasteiger partial charge in [-0.1, -0.05) is 0 Å². The van der Waals surface area contributed by atoms with E-state index in [-0.39, 0.29) is 13.2 Å². The maximum Gasteiger partial charge on any atom is 0.251 e. The fourth-order valence-corrected chi connectivity index (χ4v) is 2.02. The lowest BCUT2D eigenvalue weighted by Gasteiger charge is -2.29. The molecule has 3 nitrogen and oxygen atoms in total. The maximum atomic E-state index is 12.2. The molecule has 90 valence electrons. The van der Waals surface area contributed by atoms with Crippen LogP contribution < -0.4 is 5.32 Å². The Morgan fingerprint density at radius 1 is 1.33 bits per heavy atom. The Balaban J connectivity index is 2.28. The van der Waals surface area contributed by atoms with Crippen molar-refractivity contribution in [3.63, 3.8) is 0 Å². The fraction of sp³-hybridized carbons (Fsp3) is 1.00. The Labute approximate surface area is 89.5 Å². The van der Waals surface area contributed by atoms with E-state index in [0.717, 1.165) is 25.9 Å². The van der Waals surface area contributed by atoms with Gasteiger partial charge in [-0.2, -0.15) is 0 Å². The second kappa shape index (κ2) is 7.09. The van der Waals surface area contributed by atoms with Gasteiger partial charge in [0.1, 0.15) is 0 Å². The molecule has 1 fully saturated rings. The van der Waals surface area contributed by atoms with E-state index in [1.54, 1.807) is 4.90 Å². The molecule has 1 heterocycles. The number of aliphatic hydroxyl groups excluding tert-OH is 1. The minimum atomic E-state index is -2.31. The molecule has 0 amide bonds. The highest BCUT2D eigenvalue weighted by Crippen LogP contribution is 2.14. The van der Waals surface area contributed by atoms with E-state index in [2.05, 4.69) is 5.32 Å². The predicted molar refractivity (Wildman–Crippen MR) is 55.1 cm³/mol. The van der Waals surface area contributed by atoms with E-state index >= 15 is 0 Å². The molecule has 0 unspecified atom stereocenters. The molecule has 0 spiro atoms. The lowest BCUT2D eigenvalue weighted by Crippen LogP contribution is -2.39. The SMILES string of the molecule is OCCN(CC(F)F)CC1CCNCC1. The minimum Gasteiger partial charge on any atom is -0.395 e. The number of nitrogens with one attached hydrogen (secondary N) is 1. The van der Waals surface area contributed by atoms with Gasteiger partial charge in [0.15, 0.2) is 0 Å². The Hall–Kier alpha value is -0.260. The highest BCUT2D eigenvalue weighted by atomic mass is 19.3. The highest BCUT2D eigenvalue weighted by Gasteiger charge is 2.18. The van der Waals surface area contributed by atoms with E-state index in [9.17, 15) is 8.78 Å². The summed E-state index contributed by atoms with van der Waals surface area (Å²) in [5.41, 5.74) is 0. The minimum absolute atomic E-state index is 0.0440. The molecule has 0 radical (unpaired) electrons. The molecular weight excluding hydrogens is 202 g/mol. The quantitative estimate of drug-likeness (QED) is 0.689. The van der Waals surface area contributed by atoms with Crippen LogP contribution in [-0.2, 0) is 0 Å². The van der Waals surface area contributed by atoms with Gasteiger partial charge < -0.3 is 10.4 Å². The normalized spacial score (nSPS) is 19.0. The van der Waals surface area contributed by atoms with Crippen molar-refractivity contribution in [2.45, 2.75) is 19.3 Å². The zero-order valence-corrected chi connectivity index (χ0v) is 8.96. The van der Waals surface area contributed by atoms with Crippen molar-refractivity contribution in [2.24, 2.45) is 5.92 Å². The molecule has 0 bridgehead atoms. The molecule has 1 aliphatic heterocycles. The molecule has 0 saturated carbocycles. The summed E-state index contributed by atoms with van der Waals surface area (Å²) in [5.74, 6) is 0.497. The number of alkyl halides is 2. The van der Waals surface area contributed by atoms with Gasteiger partial charge in [0.05, 0.1) is 13.2 Å². The van der Waals surface area contributed by atoms with Gasteiger partial charge in [0.2, 0.25) is 0 Å². The van der Waals surface area contributed by atoms with Crippen LogP contribution in [-0.4, -0.2) is 55.8 Å². The predicted octanol–water partition coefficient (Wildman–Crippen LogP) is 0.545. The second-order valence-electron chi connectivity index (χ2n) is 4.07. The van der Waals surface area contributed by atoms with Crippen LogP contribution in [0.2, 0.25) is 0 Å². The van der Waals surface area contributed by atoms with Gasteiger partial charge in [-0.15, -0.1) is 0 Å². The summed E-state index contributed by atoms with van der Waals surface area (Å²) in [5, 5.41) is 12.0. The van der Waals surface area contributed by atoms with E-state index in [0.29, 0.717) is 19.0 Å². The number of halogens is 2. The van der Waals surface area contributed by atoms with Crippen molar-refractivity contribution in [2.75, 3.05) is 39.3 Å². The molecule has 0 atom stereocenters. The number of piperidine rings is 1. The molecule has 1 aliphatic rings. The standard InChI is InChI=1S/C10H20F2N2O/c11-10(12)8-14(5-6-15)7-9-1-3-13-4-2-9/h9-10,13,15H,1-8H2. The Kier molecular flexibility index (Phi) is 6.05. The first-order chi connectivity index (χ1) is 7.22. The van der Waals surface area contributed by atoms with E-state index in [1.807, 2.05) is 0 Å². The van der Waals surface area contributed by atoms with Crippen LogP contribution in [0, 0.1) is 5.92 Å². The first kappa shape index (κ1) is 12.8. The molecular formula is C10H20F2N2O. The zero-order chi connectivity index (χ0) is 11.1. The summed E-state index contributed by atoms with van der Waals surface area (Å²) in [6.07, 6.45) is -0.214. The highest BCUT2D eigenvalue weighted by molar-refractivity contribution is 4.72. The van der Waals surface area contributed by atoms with E-state index < -0.39 is 6.43 Å². The van der Waals surface area contributed by atoms with Gasteiger partial charge >= 0.3 is 0 Å². The van der Waals surface area contributed by atoms with E-state index in [1.165, 1.54) is 0 Å². The third-order valence-electron chi connectivity index (χ3n) is 2.79.